The van der Waals surface area contributed by atoms with Crippen LogP contribution in [-0.4, -0.2) is 84.9 Å². The van der Waals surface area contributed by atoms with Gasteiger partial charge in [-0.3, -0.25) is 19.2 Å². The Balaban J connectivity index is 1.98. The first kappa shape index (κ1) is 23.6. The maximum Gasteiger partial charge on any atom is 0.272 e. The number of primary amides is 1. The second-order valence-corrected chi connectivity index (χ2v) is 7.35. The van der Waals surface area contributed by atoms with Crippen molar-refractivity contribution in [3.8, 4) is 0 Å². The Morgan fingerprint density at radius 2 is 2.07 bits per heavy atom. The Morgan fingerprint density at radius 1 is 1.33 bits per heavy atom. The monoisotopic (exact) mass is 424 g/mol. The predicted molar refractivity (Wildman–Crippen MR) is 109 cm³/mol. The molecule has 3 unspecified atom stereocenters. The first-order chi connectivity index (χ1) is 14.3. The van der Waals surface area contributed by atoms with E-state index in [1.807, 2.05) is 6.92 Å². The minimum absolute atomic E-state index is 0.156. The predicted octanol–water partition coefficient (Wildman–Crippen LogP) is -3.32. The number of nitrogens with zero attached hydrogens (tertiary/aromatic N) is 2. The van der Waals surface area contributed by atoms with Crippen LogP contribution in [0.5, 0.6) is 0 Å². The molecule has 2 aliphatic rings. The molecule has 0 spiro atoms. The average molecular weight is 425 g/mol. The summed E-state index contributed by atoms with van der Waals surface area (Å²) in [7, 11) is 1.72. The fourth-order valence-corrected chi connectivity index (χ4v) is 3.58. The van der Waals surface area contributed by atoms with E-state index in [0.717, 1.165) is 0 Å². The average Bonchev–Trinajstić information content (AvgIpc) is 3.35. The van der Waals surface area contributed by atoms with E-state index in [1.54, 1.807) is 7.05 Å². The number of nitrogens with one attached hydrogen (secondary N) is 4. The smallest absolute Gasteiger partial charge is 0.272 e. The summed E-state index contributed by atoms with van der Waals surface area (Å²) in [6.45, 7) is 3.11. The summed E-state index contributed by atoms with van der Waals surface area (Å²) in [4.78, 5) is 52.1. The first-order valence-electron chi connectivity index (χ1n) is 10.1. The van der Waals surface area contributed by atoms with Crippen molar-refractivity contribution in [2.75, 3.05) is 33.4 Å². The van der Waals surface area contributed by atoms with Gasteiger partial charge >= 0.3 is 0 Å². The van der Waals surface area contributed by atoms with Gasteiger partial charge in [0.1, 0.15) is 17.8 Å². The molecule has 12 heteroatoms. The zero-order valence-corrected chi connectivity index (χ0v) is 17.4. The summed E-state index contributed by atoms with van der Waals surface area (Å²) in [6, 6.07) is -1.91. The van der Waals surface area contributed by atoms with Crippen LogP contribution < -0.4 is 33.0 Å². The van der Waals surface area contributed by atoms with Crippen LogP contribution in [0.3, 0.4) is 0 Å². The number of likely N-dealkylation sites (tertiary alicyclic amines) is 1. The molecule has 12 nitrogen and oxygen atoms in total. The summed E-state index contributed by atoms with van der Waals surface area (Å²) in [5.74, 6) is -1.41. The van der Waals surface area contributed by atoms with Crippen molar-refractivity contribution >= 4 is 23.6 Å². The van der Waals surface area contributed by atoms with Crippen LogP contribution in [0.4, 0.5) is 0 Å². The first-order valence-corrected chi connectivity index (χ1v) is 10.1. The zero-order chi connectivity index (χ0) is 22.3. The van der Waals surface area contributed by atoms with Gasteiger partial charge in [0, 0.05) is 32.1 Å². The molecule has 0 aromatic rings. The number of carbonyl (C=O) groups is 4. The molecule has 0 aromatic carbocycles. The lowest BCUT2D eigenvalue weighted by atomic mass is 10.1. The summed E-state index contributed by atoms with van der Waals surface area (Å²) >= 11 is 0. The molecule has 2 rings (SSSR count). The zero-order valence-electron chi connectivity index (χ0n) is 17.4. The Labute approximate surface area is 175 Å². The highest BCUT2D eigenvalue weighted by Crippen LogP contribution is 2.20. The molecular weight excluding hydrogens is 392 g/mol. The minimum Gasteiger partial charge on any atom is -0.368 e. The lowest BCUT2D eigenvalue weighted by Crippen LogP contribution is -2.49. The third kappa shape index (κ3) is 5.68. The van der Waals surface area contributed by atoms with Gasteiger partial charge in [0.15, 0.2) is 0 Å². The Kier molecular flexibility index (Phi) is 8.57. The highest BCUT2D eigenvalue weighted by Gasteiger charge is 2.39. The van der Waals surface area contributed by atoms with Gasteiger partial charge in [0.05, 0.1) is 6.67 Å². The van der Waals surface area contributed by atoms with Gasteiger partial charge in [0.2, 0.25) is 17.7 Å². The molecule has 30 heavy (non-hydrogen) atoms. The second-order valence-electron chi connectivity index (χ2n) is 7.35. The number of amides is 4. The molecule has 8 N–H and O–H groups in total. The summed E-state index contributed by atoms with van der Waals surface area (Å²) < 4.78 is 0. The van der Waals surface area contributed by atoms with Crippen molar-refractivity contribution in [2.45, 2.75) is 44.3 Å². The summed E-state index contributed by atoms with van der Waals surface area (Å²) in [5, 5.41) is 5.73. The molecule has 4 amide bonds. The van der Waals surface area contributed by atoms with Gasteiger partial charge in [0.25, 0.3) is 5.91 Å². The van der Waals surface area contributed by atoms with Gasteiger partial charge in [-0.2, -0.15) is 0 Å². The van der Waals surface area contributed by atoms with Crippen LogP contribution in [0, 0.1) is 0 Å². The molecule has 2 heterocycles. The Morgan fingerprint density at radius 3 is 2.67 bits per heavy atom. The number of nitrogens with two attached hydrogens (primary N) is 2. The quantitative estimate of drug-likeness (QED) is 0.198. The van der Waals surface area contributed by atoms with Gasteiger partial charge in [-0.15, -0.1) is 0 Å². The van der Waals surface area contributed by atoms with Crippen molar-refractivity contribution in [3.05, 3.63) is 11.8 Å². The molecule has 0 radical (unpaired) electrons. The van der Waals surface area contributed by atoms with Crippen molar-refractivity contribution in [3.63, 3.8) is 0 Å². The molecule has 168 valence electrons. The van der Waals surface area contributed by atoms with E-state index in [1.165, 1.54) is 15.9 Å². The lowest BCUT2D eigenvalue weighted by Gasteiger charge is -2.21. The molecule has 1 saturated heterocycles. The lowest BCUT2D eigenvalue weighted by molar-refractivity contribution is -0.137. The van der Waals surface area contributed by atoms with Crippen molar-refractivity contribution < 1.29 is 19.2 Å². The number of rotatable bonds is 10. The Hall–Kier alpha value is -2.70. The van der Waals surface area contributed by atoms with Crippen LogP contribution in [0.25, 0.3) is 0 Å². The van der Waals surface area contributed by atoms with E-state index in [9.17, 15) is 19.2 Å². The van der Waals surface area contributed by atoms with Crippen LogP contribution in [0.1, 0.15) is 26.2 Å². The molecule has 0 aromatic heterocycles. The van der Waals surface area contributed by atoms with Crippen LogP contribution in [0.2, 0.25) is 0 Å². The molecule has 0 bridgehead atoms. The van der Waals surface area contributed by atoms with E-state index >= 15 is 0 Å². The SMILES string of the molecule is CCCC(=O)N1CC(NC(=O)C2C=C(C(=O)N(CCN)CNC)NN2)CC1C(N)=O. The third-order valence-corrected chi connectivity index (χ3v) is 5.00. The normalized spacial score (nSPS) is 23.0. The Bertz CT molecular complexity index is 692. The van der Waals surface area contributed by atoms with Gasteiger partial charge in [-0.05, 0) is 26.0 Å². The maximum absolute atomic E-state index is 12.6. The van der Waals surface area contributed by atoms with Gasteiger partial charge < -0.3 is 37.3 Å². The third-order valence-electron chi connectivity index (χ3n) is 5.00. The largest absolute Gasteiger partial charge is 0.368 e. The fourth-order valence-electron chi connectivity index (χ4n) is 3.58. The van der Waals surface area contributed by atoms with E-state index in [-0.39, 0.29) is 36.4 Å². The number of hydrazine groups is 1. The standard InChI is InChI=1S/C18H32N8O4/c1-3-4-15(27)26-9-11(7-14(26)16(20)28)22-17(29)12-8-13(24-23-12)18(30)25(6-5-19)10-21-2/h8,11-12,14,21,23-24H,3-7,9-10,19H2,1-2H3,(H2,20,28)(H,22,29). The highest BCUT2D eigenvalue weighted by atomic mass is 16.2. The summed E-state index contributed by atoms with van der Waals surface area (Å²) in [6.07, 6.45) is 2.74. The maximum atomic E-state index is 12.6. The highest BCUT2D eigenvalue weighted by molar-refractivity contribution is 5.96. The van der Waals surface area contributed by atoms with Crippen LogP contribution in [0.15, 0.2) is 11.8 Å². The van der Waals surface area contributed by atoms with Gasteiger partial charge in [-0.25, -0.2) is 5.43 Å². The van der Waals surface area contributed by atoms with E-state index in [4.69, 9.17) is 11.5 Å². The van der Waals surface area contributed by atoms with Crippen LogP contribution in [-0.2, 0) is 19.2 Å². The van der Waals surface area contributed by atoms with Crippen molar-refractivity contribution in [1.29, 1.82) is 0 Å². The molecule has 0 aliphatic carbocycles. The van der Waals surface area contributed by atoms with E-state index < -0.39 is 24.0 Å². The topological polar surface area (TPSA) is 175 Å². The molecule has 2 aliphatic heterocycles. The van der Waals surface area contributed by atoms with Crippen molar-refractivity contribution in [2.24, 2.45) is 11.5 Å². The van der Waals surface area contributed by atoms with Crippen molar-refractivity contribution in [1.82, 2.24) is 31.3 Å². The minimum atomic E-state index is -0.773. The fraction of sp³-hybridized carbons (Fsp3) is 0.667. The molecule has 0 saturated carbocycles. The number of carbonyl (C=O) groups excluding carboxylic acids is 4. The number of hydrogen-bond donors (Lipinski definition) is 6. The molecule has 1 fully saturated rings. The second kappa shape index (κ2) is 10.9. The molecule has 3 atom stereocenters. The number of hydrogen-bond acceptors (Lipinski definition) is 8. The van der Waals surface area contributed by atoms with Crippen LogP contribution >= 0.6 is 0 Å². The van der Waals surface area contributed by atoms with E-state index in [2.05, 4.69) is 21.5 Å². The summed E-state index contributed by atoms with van der Waals surface area (Å²) in [5.41, 5.74) is 16.7. The molecular formula is C18H32N8O4. The van der Waals surface area contributed by atoms with Gasteiger partial charge in [-0.1, -0.05) is 6.92 Å². The van der Waals surface area contributed by atoms with E-state index in [0.29, 0.717) is 32.6 Å².